The highest BCUT2D eigenvalue weighted by Crippen LogP contribution is 2.32. The number of hydrogen-bond acceptors (Lipinski definition) is 5. The highest BCUT2D eigenvalue weighted by atomic mass is 35.5. The zero-order valence-corrected chi connectivity index (χ0v) is 20.3. The van der Waals surface area contributed by atoms with Crippen LogP contribution in [0.25, 0.3) is 6.08 Å². The van der Waals surface area contributed by atoms with Crippen molar-refractivity contribution in [2.75, 3.05) is 13.7 Å². The van der Waals surface area contributed by atoms with Crippen molar-refractivity contribution in [3.8, 4) is 17.6 Å². The molecule has 7 heteroatoms. The molecule has 1 aliphatic heterocycles. The predicted molar refractivity (Wildman–Crippen MR) is 131 cm³/mol. The first-order valence-electron chi connectivity index (χ1n) is 11.1. The van der Waals surface area contributed by atoms with E-state index < -0.39 is 5.91 Å². The van der Waals surface area contributed by atoms with Gasteiger partial charge in [-0.25, -0.2) is 0 Å². The number of imide groups is 1. The number of unbranched alkanes of at least 4 members (excludes halogenated alkanes) is 2. The van der Waals surface area contributed by atoms with Crippen molar-refractivity contribution in [3.05, 3.63) is 75.3 Å². The largest absolute Gasteiger partial charge is 0.493 e. The van der Waals surface area contributed by atoms with Crippen molar-refractivity contribution in [2.45, 2.75) is 39.7 Å². The molecule has 0 radical (unpaired) electrons. The van der Waals surface area contributed by atoms with Crippen molar-refractivity contribution in [3.63, 3.8) is 0 Å². The van der Waals surface area contributed by atoms with Gasteiger partial charge in [0.1, 0.15) is 18.2 Å². The predicted octanol–water partition coefficient (Wildman–Crippen LogP) is 5.71. The SMILES string of the molecule is CCCCCN1C(=O)C(C#N)=C(C)/C(=C\c2ccc(OCc3ccc(Cl)cc3)c(OC)c2)C1=O. The maximum absolute atomic E-state index is 13.1. The Bertz CT molecular complexity index is 1180. The van der Waals surface area contributed by atoms with Crippen LogP contribution in [0.3, 0.4) is 0 Å². The van der Waals surface area contributed by atoms with Gasteiger partial charge in [-0.2, -0.15) is 5.26 Å². The van der Waals surface area contributed by atoms with E-state index in [0.29, 0.717) is 52.8 Å². The molecule has 0 unspecified atom stereocenters. The molecule has 0 atom stereocenters. The molecule has 2 amide bonds. The minimum Gasteiger partial charge on any atom is -0.493 e. The lowest BCUT2D eigenvalue weighted by atomic mass is 9.93. The van der Waals surface area contributed by atoms with E-state index in [1.165, 1.54) is 4.90 Å². The van der Waals surface area contributed by atoms with Crippen LogP contribution in [0.4, 0.5) is 0 Å². The zero-order chi connectivity index (χ0) is 24.7. The number of rotatable bonds is 9. The Labute approximate surface area is 205 Å². The third-order valence-electron chi connectivity index (χ3n) is 5.62. The minimum absolute atomic E-state index is 0.00256. The van der Waals surface area contributed by atoms with Gasteiger partial charge in [-0.1, -0.05) is 49.6 Å². The second kappa shape index (κ2) is 11.5. The number of carbonyl (C=O) groups is 2. The van der Waals surface area contributed by atoms with Crippen molar-refractivity contribution in [1.82, 2.24) is 4.90 Å². The molecule has 6 nitrogen and oxygen atoms in total. The van der Waals surface area contributed by atoms with Gasteiger partial charge in [-0.3, -0.25) is 14.5 Å². The summed E-state index contributed by atoms with van der Waals surface area (Å²) in [4.78, 5) is 27.0. The molecule has 34 heavy (non-hydrogen) atoms. The number of ether oxygens (including phenoxy) is 2. The summed E-state index contributed by atoms with van der Waals surface area (Å²) in [5.41, 5.74) is 2.36. The number of nitrogens with zero attached hydrogens (tertiary/aromatic N) is 2. The lowest BCUT2D eigenvalue weighted by Gasteiger charge is -2.27. The van der Waals surface area contributed by atoms with E-state index in [4.69, 9.17) is 21.1 Å². The lowest BCUT2D eigenvalue weighted by Crippen LogP contribution is -2.43. The molecule has 0 fully saturated rings. The van der Waals surface area contributed by atoms with Crippen LogP contribution < -0.4 is 9.47 Å². The number of benzene rings is 2. The van der Waals surface area contributed by atoms with E-state index in [0.717, 1.165) is 18.4 Å². The van der Waals surface area contributed by atoms with Crippen LogP contribution in [0.5, 0.6) is 11.5 Å². The Kier molecular flexibility index (Phi) is 8.50. The van der Waals surface area contributed by atoms with Crippen molar-refractivity contribution in [1.29, 1.82) is 5.26 Å². The standard InChI is InChI=1S/C27H27ClN2O4/c1-4-5-6-13-30-26(31)22(18(2)23(16-29)27(30)32)14-20-9-12-24(25(15-20)33-3)34-17-19-7-10-21(28)11-8-19/h7-12,14-15H,4-6,13,17H2,1-3H3/b22-14+. The maximum atomic E-state index is 13.1. The first-order valence-corrected chi connectivity index (χ1v) is 11.5. The first kappa shape index (κ1) is 25.1. The van der Waals surface area contributed by atoms with Crippen LogP contribution in [0, 0.1) is 11.3 Å². The molecule has 2 aromatic carbocycles. The van der Waals surface area contributed by atoms with Crippen LogP contribution in [0.1, 0.15) is 44.2 Å². The quantitative estimate of drug-likeness (QED) is 0.262. The van der Waals surface area contributed by atoms with Gasteiger partial charge in [0, 0.05) is 17.1 Å². The maximum Gasteiger partial charge on any atom is 0.271 e. The normalized spacial score (nSPS) is 15.0. The average molecular weight is 479 g/mol. The summed E-state index contributed by atoms with van der Waals surface area (Å²) in [5.74, 6) is 0.141. The summed E-state index contributed by atoms with van der Waals surface area (Å²) in [5, 5.41) is 10.2. The fourth-order valence-electron chi connectivity index (χ4n) is 3.65. The highest BCUT2D eigenvalue weighted by molar-refractivity contribution is 6.30. The van der Waals surface area contributed by atoms with Crippen LogP contribution in [-0.4, -0.2) is 30.4 Å². The van der Waals surface area contributed by atoms with Gasteiger partial charge in [0.2, 0.25) is 0 Å². The molecule has 0 saturated heterocycles. The van der Waals surface area contributed by atoms with Crippen LogP contribution in [0.15, 0.2) is 59.2 Å². The number of amides is 2. The van der Waals surface area contributed by atoms with Gasteiger partial charge in [0.15, 0.2) is 11.5 Å². The number of hydrogen-bond donors (Lipinski definition) is 0. The van der Waals surface area contributed by atoms with Crippen molar-refractivity contribution in [2.24, 2.45) is 0 Å². The third-order valence-corrected chi connectivity index (χ3v) is 5.87. The molecule has 0 N–H and O–H groups in total. The molecule has 0 spiro atoms. The number of carbonyl (C=O) groups excluding carboxylic acids is 2. The summed E-state index contributed by atoms with van der Waals surface area (Å²) < 4.78 is 11.4. The van der Waals surface area contributed by atoms with Gasteiger partial charge in [0.25, 0.3) is 11.8 Å². The summed E-state index contributed by atoms with van der Waals surface area (Å²) in [6, 6.07) is 14.7. The average Bonchev–Trinajstić information content (AvgIpc) is 2.84. The fourth-order valence-corrected chi connectivity index (χ4v) is 3.78. The Morgan fingerprint density at radius 1 is 1.06 bits per heavy atom. The van der Waals surface area contributed by atoms with Gasteiger partial charge in [-0.15, -0.1) is 0 Å². The summed E-state index contributed by atoms with van der Waals surface area (Å²) in [6.45, 7) is 4.31. The molecule has 1 heterocycles. The third kappa shape index (κ3) is 5.67. The topological polar surface area (TPSA) is 79.6 Å². The highest BCUT2D eigenvalue weighted by Gasteiger charge is 2.35. The number of nitriles is 1. The van der Waals surface area contributed by atoms with Gasteiger partial charge in [0.05, 0.1) is 7.11 Å². The van der Waals surface area contributed by atoms with E-state index in [1.807, 2.05) is 25.1 Å². The van der Waals surface area contributed by atoms with E-state index in [2.05, 4.69) is 0 Å². The van der Waals surface area contributed by atoms with E-state index >= 15 is 0 Å². The number of halogens is 1. The molecule has 0 aromatic heterocycles. The lowest BCUT2D eigenvalue weighted by molar-refractivity contribution is -0.140. The molecular formula is C27H27ClN2O4. The summed E-state index contributed by atoms with van der Waals surface area (Å²) in [7, 11) is 1.54. The molecule has 176 valence electrons. The summed E-state index contributed by atoms with van der Waals surface area (Å²) >= 11 is 5.93. The first-order chi connectivity index (χ1) is 16.4. The Balaban J connectivity index is 1.88. The zero-order valence-electron chi connectivity index (χ0n) is 19.6. The van der Waals surface area contributed by atoms with Gasteiger partial charge >= 0.3 is 0 Å². The van der Waals surface area contributed by atoms with Crippen LogP contribution >= 0.6 is 11.6 Å². The monoisotopic (exact) mass is 478 g/mol. The second-order valence-electron chi connectivity index (χ2n) is 7.96. The number of methoxy groups -OCH3 is 1. The van der Waals surface area contributed by atoms with E-state index in [-0.39, 0.29) is 11.5 Å². The van der Waals surface area contributed by atoms with Crippen LogP contribution in [-0.2, 0) is 16.2 Å². The molecule has 3 rings (SSSR count). The molecule has 1 aliphatic rings. The smallest absolute Gasteiger partial charge is 0.271 e. The van der Waals surface area contributed by atoms with E-state index in [1.54, 1.807) is 50.4 Å². The second-order valence-corrected chi connectivity index (χ2v) is 8.40. The van der Waals surface area contributed by atoms with E-state index in [9.17, 15) is 14.9 Å². The molecule has 0 aliphatic carbocycles. The van der Waals surface area contributed by atoms with Crippen molar-refractivity contribution >= 4 is 29.5 Å². The Morgan fingerprint density at radius 2 is 1.79 bits per heavy atom. The molecule has 0 saturated carbocycles. The molecule has 2 aromatic rings. The Hall–Kier alpha value is -3.56. The Morgan fingerprint density at radius 3 is 2.44 bits per heavy atom. The van der Waals surface area contributed by atoms with Crippen LogP contribution in [0.2, 0.25) is 5.02 Å². The van der Waals surface area contributed by atoms with Gasteiger partial charge < -0.3 is 9.47 Å². The summed E-state index contributed by atoms with van der Waals surface area (Å²) in [6.07, 6.45) is 4.24. The van der Waals surface area contributed by atoms with Crippen molar-refractivity contribution < 1.29 is 19.1 Å². The fraction of sp³-hybridized carbons (Fsp3) is 0.296. The minimum atomic E-state index is -0.526. The molecule has 0 bridgehead atoms. The van der Waals surface area contributed by atoms with Gasteiger partial charge in [-0.05, 0) is 60.4 Å². The molecular weight excluding hydrogens is 452 g/mol.